The highest BCUT2D eigenvalue weighted by Gasteiger charge is 2.22. The minimum Gasteiger partial charge on any atom is -0.497 e. The highest BCUT2D eigenvalue weighted by atomic mass is 16.5. The highest BCUT2D eigenvalue weighted by molar-refractivity contribution is 5.79. The number of guanidine groups is 1. The molecule has 1 aromatic rings. The van der Waals surface area contributed by atoms with Crippen LogP contribution in [0.5, 0.6) is 11.5 Å². The van der Waals surface area contributed by atoms with Gasteiger partial charge in [-0.2, -0.15) is 0 Å². The molecule has 1 N–H and O–H groups in total. The molecule has 0 saturated heterocycles. The van der Waals surface area contributed by atoms with E-state index in [-0.39, 0.29) is 0 Å². The Morgan fingerprint density at radius 1 is 1.33 bits per heavy atom. The normalized spacial score (nSPS) is 14.8. The molecule has 0 aromatic heterocycles. The Kier molecular flexibility index (Phi) is 5.31. The predicted octanol–water partition coefficient (Wildman–Crippen LogP) is 2.12. The minimum absolute atomic E-state index is 0.734. The van der Waals surface area contributed by atoms with E-state index in [0.717, 1.165) is 42.0 Å². The third-order valence-electron chi connectivity index (χ3n) is 3.72. The van der Waals surface area contributed by atoms with Crippen LogP contribution >= 0.6 is 0 Å². The summed E-state index contributed by atoms with van der Waals surface area (Å²) in [4.78, 5) is 6.44. The summed E-state index contributed by atoms with van der Waals surface area (Å²) < 4.78 is 10.7. The first-order chi connectivity index (χ1) is 10.2. The maximum absolute atomic E-state index is 5.44. The summed E-state index contributed by atoms with van der Waals surface area (Å²) in [5, 5.41) is 3.42. The van der Waals surface area contributed by atoms with Crippen molar-refractivity contribution < 1.29 is 9.47 Å². The molecule has 0 atom stereocenters. The number of methoxy groups -OCH3 is 2. The zero-order valence-corrected chi connectivity index (χ0v) is 13.3. The number of nitrogens with zero attached hydrogens (tertiary/aromatic N) is 2. The standard InChI is InChI=1S/C16H25N3O2/c1-17-16(18-10-12-5-6-12)19(2)11-13-7-8-14(20-3)9-15(13)21-4/h7-9,12H,5-6,10-11H2,1-4H3,(H,17,18). The zero-order valence-electron chi connectivity index (χ0n) is 13.3. The number of hydrogen-bond acceptors (Lipinski definition) is 3. The van der Waals surface area contributed by atoms with Gasteiger partial charge < -0.3 is 19.7 Å². The number of nitrogens with one attached hydrogen (secondary N) is 1. The minimum atomic E-state index is 0.734. The van der Waals surface area contributed by atoms with Crippen LogP contribution in [0.2, 0.25) is 0 Å². The van der Waals surface area contributed by atoms with Gasteiger partial charge in [0.25, 0.3) is 0 Å². The fraction of sp³-hybridized carbons (Fsp3) is 0.562. The Labute approximate surface area is 127 Å². The molecule has 0 aliphatic heterocycles. The lowest BCUT2D eigenvalue weighted by molar-refractivity contribution is 0.382. The van der Waals surface area contributed by atoms with Crippen molar-refractivity contribution in [1.82, 2.24) is 10.2 Å². The first-order valence-electron chi connectivity index (χ1n) is 7.30. The Morgan fingerprint density at radius 3 is 2.67 bits per heavy atom. The van der Waals surface area contributed by atoms with E-state index in [1.165, 1.54) is 12.8 Å². The van der Waals surface area contributed by atoms with Gasteiger partial charge in [0.15, 0.2) is 5.96 Å². The topological polar surface area (TPSA) is 46.1 Å². The second-order valence-corrected chi connectivity index (χ2v) is 5.41. The lowest BCUT2D eigenvalue weighted by Crippen LogP contribution is -2.39. The van der Waals surface area contributed by atoms with Crippen LogP contribution in [0.3, 0.4) is 0 Å². The second kappa shape index (κ2) is 7.20. The molecule has 5 nitrogen and oxygen atoms in total. The summed E-state index contributed by atoms with van der Waals surface area (Å²) in [5.41, 5.74) is 1.11. The number of ether oxygens (including phenoxy) is 2. The van der Waals surface area contributed by atoms with Crippen molar-refractivity contribution in [3.8, 4) is 11.5 Å². The summed E-state index contributed by atoms with van der Waals surface area (Å²) in [6.45, 7) is 1.74. The van der Waals surface area contributed by atoms with Gasteiger partial charge >= 0.3 is 0 Å². The van der Waals surface area contributed by atoms with Gasteiger partial charge in [-0.15, -0.1) is 0 Å². The molecule has 0 spiro atoms. The molecule has 0 radical (unpaired) electrons. The lowest BCUT2D eigenvalue weighted by Gasteiger charge is -2.23. The smallest absolute Gasteiger partial charge is 0.193 e. The van der Waals surface area contributed by atoms with Crippen LogP contribution in [0.4, 0.5) is 0 Å². The van der Waals surface area contributed by atoms with E-state index in [1.54, 1.807) is 14.2 Å². The van der Waals surface area contributed by atoms with Crippen molar-refractivity contribution in [2.24, 2.45) is 10.9 Å². The van der Waals surface area contributed by atoms with Gasteiger partial charge in [-0.25, -0.2) is 0 Å². The highest BCUT2D eigenvalue weighted by Crippen LogP contribution is 2.28. The van der Waals surface area contributed by atoms with E-state index in [2.05, 4.69) is 15.2 Å². The van der Waals surface area contributed by atoms with E-state index in [4.69, 9.17) is 9.47 Å². The Balaban J connectivity index is 2.01. The largest absolute Gasteiger partial charge is 0.497 e. The van der Waals surface area contributed by atoms with Crippen LogP contribution in [0.25, 0.3) is 0 Å². The maximum atomic E-state index is 5.44. The summed E-state index contributed by atoms with van der Waals surface area (Å²) in [6, 6.07) is 5.89. The van der Waals surface area contributed by atoms with Gasteiger partial charge in [0, 0.05) is 38.8 Å². The molecule has 1 aliphatic rings. The Morgan fingerprint density at radius 2 is 2.10 bits per heavy atom. The summed E-state index contributed by atoms with van der Waals surface area (Å²) in [5.74, 6) is 3.37. The zero-order chi connectivity index (χ0) is 15.2. The summed E-state index contributed by atoms with van der Waals surface area (Å²) in [7, 11) is 7.19. The van der Waals surface area contributed by atoms with Crippen molar-refractivity contribution in [1.29, 1.82) is 0 Å². The first kappa shape index (κ1) is 15.5. The van der Waals surface area contributed by atoms with Crippen LogP contribution in [-0.4, -0.2) is 45.7 Å². The molecule has 1 fully saturated rings. The summed E-state index contributed by atoms with van der Waals surface area (Å²) >= 11 is 0. The molecular weight excluding hydrogens is 266 g/mol. The van der Waals surface area contributed by atoms with E-state index in [0.29, 0.717) is 0 Å². The SMILES string of the molecule is CN=C(NCC1CC1)N(C)Cc1ccc(OC)cc1OC. The Bertz CT molecular complexity index is 498. The third-order valence-corrected chi connectivity index (χ3v) is 3.72. The molecule has 0 amide bonds. The van der Waals surface area contributed by atoms with Crippen LogP contribution < -0.4 is 14.8 Å². The van der Waals surface area contributed by atoms with Crippen LogP contribution in [-0.2, 0) is 6.54 Å². The fourth-order valence-corrected chi connectivity index (χ4v) is 2.26. The summed E-state index contributed by atoms with van der Waals surface area (Å²) in [6.07, 6.45) is 2.67. The average molecular weight is 291 g/mol. The van der Waals surface area contributed by atoms with Crippen molar-refractivity contribution in [2.75, 3.05) is 34.9 Å². The van der Waals surface area contributed by atoms with Crippen LogP contribution in [0.15, 0.2) is 23.2 Å². The van der Waals surface area contributed by atoms with E-state index >= 15 is 0 Å². The fourth-order valence-electron chi connectivity index (χ4n) is 2.26. The molecule has 1 saturated carbocycles. The number of rotatable bonds is 6. The van der Waals surface area contributed by atoms with Gasteiger partial charge in [-0.3, -0.25) is 4.99 Å². The van der Waals surface area contributed by atoms with Crippen molar-refractivity contribution in [2.45, 2.75) is 19.4 Å². The molecule has 116 valence electrons. The van der Waals surface area contributed by atoms with Crippen molar-refractivity contribution >= 4 is 5.96 Å². The molecule has 2 rings (SSSR count). The molecule has 0 heterocycles. The molecule has 21 heavy (non-hydrogen) atoms. The third kappa shape index (κ3) is 4.28. The van der Waals surface area contributed by atoms with Gasteiger partial charge in [0.05, 0.1) is 14.2 Å². The van der Waals surface area contributed by atoms with E-state index in [9.17, 15) is 0 Å². The first-order valence-corrected chi connectivity index (χ1v) is 7.30. The maximum Gasteiger partial charge on any atom is 0.193 e. The molecule has 5 heteroatoms. The molecule has 0 unspecified atom stereocenters. The van der Waals surface area contributed by atoms with Gasteiger partial charge in [-0.05, 0) is 30.9 Å². The molecule has 1 aromatic carbocycles. The quantitative estimate of drug-likeness (QED) is 0.644. The van der Waals surface area contributed by atoms with Crippen molar-refractivity contribution in [3.63, 3.8) is 0 Å². The van der Waals surface area contributed by atoms with Crippen molar-refractivity contribution in [3.05, 3.63) is 23.8 Å². The van der Waals surface area contributed by atoms with Crippen LogP contribution in [0.1, 0.15) is 18.4 Å². The average Bonchev–Trinajstić information content (AvgIpc) is 3.32. The van der Waals surface area contributed by atoms with Gasteiger partial charge in [0.1, 0.15) is 11.5 Å². The van der Waals surface area contributed by atoms with Gasteiger partial charge in [-0.1, -0.05) is 0 Å². The number of hydrogen-bond donors (Lipinski definition) is 1. The second-order valence-electron chi connectivity index (χ2n) is 5.41. The number of aliphatic imine (C=N–C) groups is 1. The van der Waals surface area contributed by atoms with E-state index < -0.39 is 0 Å². The monoisotopic (exact) mass is 291 g/mol. The molecular formula is C16H25N3O2. The van der Waals surface area contributed by atoms with Gasteiger partial charge in [0.2, 0.25) is 0 Å². The molecule has 0 bridgehead atoms. The lowest BCUT2D eigenvalue weighted by atomic mass is 10.2. The number of benzene rings is 1. The predicted molar refractivity (Wildman–Crippen MR) is 85.1 cm³/mol. The molecule has 1 aliphatic carbocycles. The Hall–Kier alpha value is -1.91. The van der Waals surface area contributed by atoms with E-state index in [1.807, 2.05) is 32.3 Å². The van der Waals surface area contributed by atoms with Crippen LogP contribution in [0, 0.1) is 5.92 Å².